The third-order valence-electron chi connectivity index (χ3n) is 2.21. The molecule has 0 N–H and O–H groups in total. The standard InChI is InChI=1S/C11H15AsO2/c1-4-8-5-10(12)9(7(2)13)6-11(8)14-3/h5-6H,4,12H2,1-3H3. The van der Waals surface area contributed by atoms with Crippen molar-refractivity contribution in [2.45, 2.75) is 20.3 Å². The van der Waals surface area contributed by atoms with Gasteiger partial charge in [0.25, 0.3) is 0 Å². The van der Waals surface area contributed by atoms with E-state index in [1.54, 1.807) is 14.0 Å². The molecule has 3 heteroatoms. The molecule has 0 aliphatic heterocycles. The molecule has 0 radical (unpaired) electrons. The number of hydrogen-bond donors (Lipinski definition) is 0. The Hall–Kier alpha value is -0.752. The van der Waals surface area contributed by atoms with Gasteiger partial charge in [-0.3, -0.25) is 0 Å². The molecule has 1 unspecified atom stereocenters. The second kappa shape index (κ2) is 4.65. The summed E-state index contributed by atoms with van der Waals surface area (Å²) in [5, 5.41) is 0. The first-order valence-electron chi connectivity index (χ1n) is 4.57. The van der Waals surface area contributed by atoms with Crippen LogP contribution in [0.1, 0.15) is 29.8 Å². The molecule has 2 nitrogen and oxygen atoms in total. The van der Waals surface area contributed by atoms with Crippen molar-refractivity contribution < 1.29 is 9.53 Å². The predicted molar refractivity (Wildman–Crippen MR) is 60.6 cm³/mol. The zero-order chi connectivity index (χ0) is 10.7. The quantitative estimate of drug-likeness (QED) is 0.587. The molecule has 1 aromatic carbocycles. The summed E-state index contributed by atoms with van der Waals surface area (Å²) in [6, 6.07) is 3.90. The van der Waals surface area contributed by atoms with E-state index in [9.17, 15) is 4.79 Å². The van der Waals surface area contributed by atoms with Crippen LogP contribution in [0.15, 0.2) is 12.1 Å². The Labute approximate surface area is 93.2 Å². The summed E-state index contributed by atoms with van der Waals surface area (Å²) in [6.07, 6.45) is 0.929. The molecule has 0 aromatic heterocycles. The normalized spacial score (nSPS) is 10.0. The van der Waals surface area contributed by atoms with E-state index in [4.69, 9.17) is 4.74 Å². The molecule has 14 heavy (non-hydrogen) atoms. The topological polar surface area (TPSA) is 26.3 Å². The Bertz CT molecular complexity index is 359. The van der Waals surface area contributed by atoms with Crippen molar-refractivity contribution in [2.24, 2.45) is 0 Å². The molecule has 0 aliphatic rings. The van der Waals surface area contributed by atoms with Gasteiger partial charge in [-0.25, -0.2) is 0 Å². The number of ketones is 1. The number of aryl methyl sites for hydroxylation is 1. The molecule has 1 rings (SSSR count). The molecule has 76 valence electrons. The third-order valence-corrected chi connectivity index (χ3v) is 3.21. The van der Waals surface area contributed by atoms with Gasteiger partial charge in [0.2, 0.25) is 0 Å². The number of ether oxygens (including phenoxy) is 1. The van der Waals surface area contributed by atoms with Gasteiger partial charge in [-0.1, -0.05) is 0 Å². The van der Waals surface area contributed by atoms with E-state index in [0.29, 0.717) is 0 Å². The Morgan fingerprint density at radius 3 is 2.57 bits per heavy atom. The molecular weight excluding hydrogens is 239 g/mol. The number of hydrogen-bond acceptors (Lipinski definition) is 2. The first-order valence-corrected chi connectivity index (χ1v) is 5.78. The monoisotopic (exact) mass is 254 g/mol. The Kier molecular flexibility index (Phi) is 3.76. The fourth-order valence-corrected chi connectivity index (χ4v) is 2.44. The number of methoxy groups -OCH3 is 1. The minimum absolute atomic E-state index is 0.102. The molecule has 1 atom stereocenters. The van der Waals surface area contributed by atoms with Crippen molar-refractivity contribution in [2.75, 3.05) is 7.11 Å². The van der Waals surface area contributed by atoms with Crippen LogP contribution in [-0.4, -0.2) is 29.7 Å². The molecule has 0 saturated heterocycles. The first kappa shape index (κ1) is 11.3. The van der Waals surface area contributed by atoms with Gasteiger partial charge in [0.1, 0.15) is 0 Å². The van der Waals surface area contributed by atoms with Crippen molar-refractivity contribution in [3.63, 3.8) is 0 Å². The third kappa shape index (κ3) is 2.19. The van der Waals surface area contributed by atoms with E-state index >= 15 is 0 Å². The molecule has 1 aromatic rings. The van der Waals surface area contributed by atoms with E-state index in [-0.39, 0.29) is 5.78 Å². The fourth-order valence-electron chi connectivity index (χ4n) is 1.41. The summed E-state index contributed by atoms with van der Waals surface area (Å²) >= 11 is 1.48. The van der Waals surface area contributed by atoms with E-state index < -0.39 is 0 Å². The molecule has 0 heterocycles. The van der Waals surface area contributed by atoms with Crippen LogP contribution in [0.25, 0.3) is 0 Å². The second-order valence-electron chi connectivity index (χ2n) is 3.16. The summed E-state index contributed by atoms with van der Waals surface area (Å²) in [6.45, 7) is 3.67. The van der Waals surface area contributed by atoms with Crippen molar-refractivity contribution in [3.8, 4) is 5.75 Å². The van der Waals surface area contributed by atoms with Gasteiger partial charge >= 0.3 is 92.9 Å². The maximum absolute atomic E-state index is 11.3. The summed E-state index contributed by atoms with van der Waals surface area (Å²) in [4.78, 5) is 11.3. The molecular formula is C11H15AsO2. The van der Waals surface area contributed by atoms with E-state index in [0.717, 1.165) is 27.6 Å². The zero-order valence-corrected chi connectivity index (χ0v) is 11.2. The van der Waals surface area contributed by atoms with Gasteiger partial charge in [0.15, 0.2) is 0 Å². The number of Topliss-reactive ketones (excluding diaryl/α,β-unsaturated/α-hetero) is 1. The van der Waals surface area contributed by atoms with Crippen LogP contribution in [0.3, 0.4) is 0 Å². The van der Waals surface area contributed by atoms with Crippen LogP contribution >= 0.6 is 0 Å². The second-order valence-corrected chi connectivity index (χ2v) is 4.47. The number of carbonyl (C=O) groups is 1. The number of carbonyl (C=O) groups excluding carboxylic acids is 1. The van der Waals surface area contributed by atoms with Gasteiger partial charge < -0.3 is 0 Å². The Morgan fingerprint density at radius 2 is 2.14 bits per heavy atom. The van der Waals surface area contributed by atoms with Gasteiger partial charge in [-0.15, -0.1) is 0 Å². The van der Waals surface area contributed by atoms with Crippen LogP contribution in [0.4, 0.5) is 0 Å². The van der Waals surface area contributed by atoms with Crippen LogP contribution in [0.2, 0.25) is 0 Å². The van der Waals surface area contributed by atoms with Gasteiger partial charge in [0.05, 0.1) is 0 Å². The molecule has 0 aliphatic carbocycles. The fraction of sp³-hybridized carbons (Fsp3) is 0.364. The number of benzene rings is 1. The van der Waals surface area contributed by atoms with Crippen LogP contribution in [0, 0.1) is 0 Å². The average Bonchev–Trinajstić information content (AvgIpc) is 2.16. The van der Waals surface area contributed by atoms with E-state index in [1.807, 2.05) is 6.07 Å². The Morgan fingerprint density at radius 1 is 1.50 bits per heavy atom. The van der Waals surface area contributed by atoms with Crippen LogP contribution in [0.5, 0.6) is 5.75 Å². The maximum atomic E-state index is 11.3. The summed E-state index contributed by atoms with van der Waals surface area (Å²) in [7, 11) is 1.64. The summed E-state index contributed by atoms with van der Waals surface area (Å²) in [5.41, 5.74) is 1.94. The first-order chi connectivity index (χ1) is 6.60. The van der Waals surface area contributed by atoms with Gasteiger partial charge in [-0.05, 0) is 0 Å². The molecule has 0 bridgehead atoms. The Balaban J connectivity index is 3.30. The van der Waals surface area contributed by atoms with Crippen molar-refractivity contribution in [1.82, 2.24) is 0 Å². The number of rotatable bonds is 3. The van der Waals surface area contributed by atoms with Crippen LogP contribution < -0.4 is 9.09 Å². The van der Waals surface area contributed by atoms with Gasteiger partial charge in [-0.2, -0.15) is 0 Å². The van der Waals surface area contributed by atoms with E-state index in [2.05, 4.69) is 13.0 Å². The summed E-state index contributed by atoms with van der Waals surface area (Å²) < 4.78 is 6.32. The van der Waals surface area contributed by atoms with E-state index in [1.165, 1.54) is 16.9 Å². The predicted octanol–water partition coefficient (Wildman–Crippen LogP) is 0.719. The zero-order valence-electron chi connectivity index (χ0n) is 8.76. The summed E-state index contributed by atoms with van der Waals surface area (Å²) in [5.74, 6) is 0.921. The molecule has 0 spiro atoms. The van der Waals surface area contributed by atoms with Gasteiger partial charge in [0, 0.05) is 0 Å². The SMILES string of the molecule is CCc1cc([AsH2])c(C(C)=O)cc1OC. The minimum atomic E-state index is 0.102. The van der Waals surface area contributed by atoms with Crippen molar-refractivity contribution in [3.05, 3.63) is 23.3 Å². The van der Waals surface area contributed by atoms with Crippen LogP contribution in [-0.2, 0) is 6.42 Å². The molecule has 0 fully saturated rings. The molecule has 0 amide bonds. The van der Waals surface area contributed by atoms with Crippen molar-refractivity contribution >= 4 is 27.0 Å². The molecule has 0 saturated carbocycles. The van der Waals surface area contributed by atoms with Crippen molar-refractivity contribution in [1.29, 1.82) is 0 Å². The average molecular weight is 254 g/mol.